The van der Waals surface area contributed by atoms with Crippen molar-refractivity contribution in [2.24, 2.45) is 0 Å². The summed E-state index contributed by atoms with van der Waals surface area (Å²) in [6.07, 6.45) is 3.80. The van der Waals surface area contributed by atoms with E-state index in [4.69, 9.17) is 27.9 Å². The Hall–Kier alpha value is -2.36. The summed E-state index contributed by atoms with van der Waals surface area (Å²) in [5, 5.41) is 4.99. The molecule has 1 aliphatic rings. The van der Waals surface area contributed by atoms with E-state index in [9.17, 15) is 0 Å². The van der Waals surface area contributed by atoms with E-state index in [0.29, 0.717) is 13.2 Å². The molecule has 3 nitrogen and oxygen atoms in total. The van der Waals surface area contributed by atoms with Gasteiger partial charge in [-0.1, -0.05) is 47.5 Å². The number of nitrogens with one attached hydrogen (secondary N) is 1. The van der Waals surface area contributed by atoms with Gasteiger partial charge in [-0.25, -0.2) is 0 Å². The molecule has 1 N–H and O–H groups in total. The standard InChI is InChI=1S/C25H26Cl2N2O/c26-21-8-4-7-20(14-21)18-30-23-9-5-6-19(15-23)17-28-22-10-11-25(24(27)16-22)29-12-2-1-3-13-29/h4-11,14-16,28H,1-3,12-13,17-18H2. The van der Waals surface area contributed by atoms with E-state index < -0.39 is 0 Å². The summed E-state index contributed by atoms with van der Waals surface area (Å²) in [6, 6.07) is 22.1. The zero-order chi connectivity index (χ0) is 20.8. The van der Waals surface area contributed by atoms with Crippen LogP contribution in [0.15, 0.2) is 66.7 Å². The number of nitrogens with zero attached hydrogens (tertiary/aromatic N) is 1. The molecule has 0 amide bonds. The van der Waals surface area contributed by atoms with Crippen LogP contribution < -0.4 is 15.0 Å². The maximum atomic E-state index is 6.57. The number of benzene rings is 3. The molecule has 156 valence electrons. The Balaban J connectivity index is 1.34. The van der Waals surface area contributed by atoms with Crippen molar-refractivity contribution in [3.8, 4) is 5.75 Å². The third-order valence-electron chi connectivity index (χ3n) is 5.33. The highest BCUT2D eigenvalue weighted by Crippen LogP contribution is 2.31. The Bertz CT molecular complexity index is 986. The fraction of sp³-hybridized carbons (Fsp3) is 0.280. The Labute approximate surface area is 188 Å². The van der Waals surface area contributed by atoms with Crippen molar-refractivity contribution < 1.29 is 4.74 Å². The second-order valence-corrected chi connectivity index (χ2v) is 8.48. The van der Waals surface area contributed by atoms with Gasteiger partial charge >= 0.3 is 0 Å². The Morgan fingerprint density at radius 1 is 0.833 bits per heavy atom. The minimum absolute atomic E-state index is 0.491. The molecule has 5 heteroatoms. The highest BCUT2D eigenvalue weighted by molar-refractivity contribution is 6.33. The molecular formula is C25H26Cl2N2O. The molecule has 4 rings (SSSR count). The van der Waals surface area contributed by atoms with Crippen LogP contribution >= 0.6 is 23.2 Å². The lowest BCUT2D eigenvalue weighted by Gasteiger charge is -2.29. The van der Waals surface area contributed by atoms with Crippen molar-refractivity contribution >= 4 is 34.6 Å². The molecule has 0 bridgehead atoms. The summed E-state index contributed by atoms with van der Waals surface area (Å²) in [5.74, 6) is 0.841. The Morgan fingerprint density at radius 3 is 2.43 bits per heavy atom. The van der Waals surface area contributed by atoms with Gasteiger partial charge in [-0.05, 0) is 72.9 Å². The maximum absolute atomic E-state index is 6.57. The molecule has 0 aliphatic carbocycles. The van der Waals surface area contributed by atoms with Crippen molar-refractivity contribution in [3.63, 3.8) is 0 Å². The lowest BCUT2D eigenvalue weighted by atomic mass is 10.1. The van der Waals surface area contributed by atoms with Gasteiger partial charge in [0.25, 0.3) is 0 Å². The van der Waals surface area contributed by atoms with Crippen LogP contribution in [0.4, 0.5) is 11.4 Å². The molecule has 30 heavy (non-hydrogen) atoms. The number of hydrogen-bond donors (Lipinski definition) is 1. The number of rotatable bonds is 7. The molecule has 1 heterocycles. The normalized spacial score (nSPS) is 13.9. The van der Waals surface area contributed by atoms with Crippen LogP contribution in [-0.2, 0) is 13.2 Å². The van der Waals surface area contributed by atoms with Gasteiger partial charge in [-0.15, -0.1) is 0 Å². The highest BCUT2D eigenvalue weighted by atomic mass is 35.5. The number of piperidine rings is 1. The first-order valence-corrected chi connectivity index (χ1v) is 11.2. The van der Waals surface area contributed by atoms with Gasteiger partial charge in [0.2, 0.25) is 0 Å². The van der Waals surface area contributed by atoms with Crippen molar-refractivity contribution in [1.82, 2.24) is 0 Å². The first kappa shape index (κ1) is 20.9. The molecule has 3 aromatic rings. The first-order valence-electron chi connectivity index (χ1n) is 10.4. The van der Waals surface area contributed by atoms with Gasteiger partial charge in [0.15, 0.2) is 0 Å². The SMILES string of the molecule is Clc1cccc(COc2cccc(CNc3ccc(N4CCCCC4)c(Cl)c3)c2)c1. The highest BCUT2D eigenvalue weighted by Gasteiger charge is 2.14. The van der Waals surface area contributed by atoms with Crippen molar-refractivity contribution in [1.29, 1.82) is 0 Å². The second kappa shape index (κ2) is 10.1. The molecule has 3 aromatic carbocycles. The van der Waals surface area contributed by atoms with Crippen LogP contribution in [0.3, 0.4) is 0 Å². The fourth-order valence-corrected chi connectivity index (χ4v) is 4.26. The van der Waals surface area contributed by atoms with E-state index in [-0.39, 0.29) is 0 Å². The van der Waals surface area contributed by atoms with Crippen LogP contribution in [0, 0.1) is 0 Å². The van der Waals surface area contributed by atoms with Gasteiger partial charge in [-0.3, -0.25) is 0 Å². The molecule has 0 spiro atoms. The van der Waals surface area contributed by atoms with Crippen molar-refractivity contribution in [2.75, 3.05) is 23.3 Å². The molecule has 0 aromatic heterocycles. The van der Waals surface area contributed by atoms with E-state index >= 15 is 0 Å². The summed E-state index contributed by atoms with van der Waals surface area (Å²) in [6.45, 7) is 3.38. The molecule has 0 radical (unpaired) electrons. The number of ether oxygens (including phenoxy) is 1. The summed E-state index contributed by atoms with van der Waals surface area (Å²) < 4.78 is 5.93. The van der Waals surface area contributed by atoms with Gasteiger partial charge in [0.05, 0.1) is 10.7 Å². The van der Waals surface area contributed by atoms with Gasteiger partial charge in [0.1, 0.15) is 12.4 Å². The molecule has 0 atom stereocenters. The van der Waals surface area contributed by atoms with Crippen LogP contribution in [0.2, 0.25) is 10.0 Å². The Kier molecular flexibility index (Phi) is 7.03. The minimum Gasteiger partial charge on any atom is -0.489 e. The molecular weight excluding hydrogens is 415 g/mol. The smallest absolute Gasteiger partial charge is 0.120 e. The zero-order valence-corrected chi connectivity index (χ0v) is 18.4. The van der Waals surface area contributed by atoms with Crippen LogP contribution in [0.1, 0.15) is 30.4 Å². The average molecular weight is 441 g/mol. The molecule has 1 fully saturated rings. The maximum Gasteiger partial charge on any atom is 0.120 e. The zero-order valence-electron chi connectivity index (χ0n) is 16.9. The molecule has 1 saturated heterocycles. The third-order valence-corrected chi connectivity index (χ3v) is 5.87. The van der Waals surface area contributed by atoms with E-state index in [0.717, 1.165) is 51.4 Å². The predicted octanol–water partition coefficient (Wildman–Crippen LogP) is 7.17. The van der Waals surface area contributed by atoms with Gasteiger partial charge in [-0.2, -0.15) is 0 Å². The van der Waals surface area contributed by atoms with E-state index in [1.54, 1.807) is 0 Å². The van der Waals surface area contributed by atoms with Crippen molar-refractivity contribution in [2.45, 2.75) is 32.4 Å². The second-order valence-electron chi connectivity index (χ2n) is 7.63. The van der Waals surface area contributed by atoms with E-state index in [1.807, 2.05) is 42.5 Å². The number of halogens is 2. The lowest BCUT2D eigenvalue weighted by Crippen LogP contribution is -2.29. The average Bonchev–Trinajstić information content (AvgIpc) is 2.77. The van der Waals surface area contributed by atoms with E-state index in [2.05, 4.69) is 34.5 Å². The number of hydrogen-bond acceptors (Lipinski definition) is 3. The van der Waals surface area contributed by atoms with Crippen molar-refractivity contribution in [3.05, 3.63) is 87.9 Å². The van der Waals surface area contributed by atoms with Crippen LogP contribution in [-0.4, -0.2) is 13.1 Å². The quantitative estimate of drug-likeness (QED) is 0.421. The predicted molar refractivity (Wildman–Crippen MR) is 127 cm³/mol. The van der Waals surface area contributed by atoms with E-state index in [1.165, 1.54) is 19.3 Å². The molecule has 1 aliphatic heterocycles. The minimum atomic E-state index is 0.491. The summed E-state index contributed by atoms with van der Waals surface area (Å²) in [4.78, 5) is 2.39. The topological polar surface area (TPSA) is 24.5 Å². The fourth-order valence-electron chi connectivity index (χ4n) is 3.75. The summed E-state index contributed by atoms with van der Waals surface area (Å²) in [7, 11) is 0. The third kappa shape index (κ3) is 5.62. The van der Waals surface area contributed by atoms with Gasteiger partial charge < -0.3 is 15.0 Å². The van der Waals surface area contributed by atoms with Crippen LogP contribution in [0.5, 0.6) is 5.75 Å². The number of anilines is 2. The van der Waals surface area contributed by atoms with Crippen LogP contribution in [0.25, 0.3) is 0 Å². The Morgan fingerprint density at radius 2 is 1.63 bits per heavy atom. The lowest BCUT2D eigenvalue weighted by molar-refractivity contribution is 0.306. The largest absolute Gasteiger partial charge is 0.489 e. The monoisotopic (exact) mass is 440 g/mol. The summed E-state index contributed by atoms with van der Waals surface area (Å²) in [5.41, 5.74) is 4.36. The van der Waals surface area contributed by atoms with Gasteiger partial charge in [0, 0.05) is 30.3 Å². The first-order chi connectivity index (χ1) is 14.7. The molecule has 0 unspecified atom stereocenters. The molecule has 0 saturated carbocycles. The summed E-state index contributed by atoms with van der Waals surface area (Å²) >= 11 is 12.6.